The van der Waals surface area contributed by atoms with Crippen molar-refractivity contribution in [1.29, 1.82) is 0 Å². The maximum Gasteiger partial charge on any atom is 0.327 e. The topological polar surface area (TPSA) is 68.5 Å². The molecule has 1 N–H and O–H groups in total. The summed E-state index contributed by atoms with van der Waals surface area (Å²) < 4.78 is 7.36. The zero-order valence-electron chi connectivity index (χ0n) is 16.2. The lowest BCUT2D eigenvalue weighted by atomic mass is 9.97. The molecular formula is C23H21NO4S. The van der Waals surface area contributed by atoms with Crippen LogP contribution in [-0.4, -0.2) is 26.6 Å². The number of thiocarbonyl (C=S) groups is 1. The van der Waals surface area contributed by atoms with E-state index in [2.05, 4.69) is 18.2 Å². The molecule has 3 aromatic rings. The predicted octanol–water partition coefficient (Wildman–Crippen LogP) is 4.13. The summed E-state index contributed by atoms with van der Waals surface area (Å²) in [5.41, 5.74) is 1.86. The molecule has 1 atom stereocenters. The third kappa shape index (κ3) is 3.44. The summed E-state index contributed by atoms with van der Waals surface area (Å²) >= 11 is 5.47. The molecule has 5 nitrogen and oxygen atoms in total. The molecule has 4 rings (SSSR count). The molecule has 2 aromatic carbocycles. The van der Waals surface area contributed by atoms with E-state index in [0.29, 0.717) is 22.7 Å². The lowest BCUT2D eigenvalue weighted by Gasteiger charge is -2.20. The van der Waals surface area contributed by atoms with Gasteiger partial charge in [-0.1, -0.05) is 54.7 Å². The maximum absolute atomic E-state index is 12.9. The van der Waals surface area contributed by atoms with Gasteiger partial charge in [-0.3, -0.25) is 9.36 Å². The molecule has 0 bridgehead atoms. The highest BCUT2D eigenvalue weighted by molar-refractivity contribution is 7.80. The molecule has 0 saturated carbocycles. The fraction of sp³-hybridized carbons (Fsp3) is 0.261. The molecule has 6 heteroatoms. The molecule has 2 heterocycles. The van der Waals surface area contributed by atoms with Crippen LogP contribution in [0.3, 0.4) is 0 Å². The lowest BCUT2D eigenvalue weighted by molar-refractivity contribution is -0.140. The van der Waals surface area contributed by atoms with E-state index in [9.17, 15) is 14.7 Å². The Morgan fingerprint density at radius 2 is 1.93 bits per heavy atom. The lowest BCUT2D eigenvalue weighted by Crippen LogP contribution is -2.28. The molecule has 0 spiro atoms. The minimum Gasteiger partial charge on any atom is -0.488 e. The number of benzene rings is 2. The van der Waals surface area contributed by atoms with Gasteiger partial charge >= 0.3 is 5.97 Å². The Labute approximate surface area is 173 Å². The average Bonchev–Trinajstić information content (AvgIpc) is 3.03. The van der Waals surface area contributed by atoms with Crippen LogP contribution in [0.15, 0.2) is 53.3 Å². The first-order valence-corrected chi connectivity index (χ1v) is 9.95. The minimum absolute atomic E-state index is 0.131. The van der Waals surface area contributed by atoms with E-state index in [-0.39, 0.29) is 18.1 Å². The van der Waals surface area contributed by atoms with Crippen LogP contribution < -0.4 is 10.3 Å². The average molecular weight is 407 g/mol. The predicted molar refractivity (Wildman–Crippen MR) is 116 cm³/mol. The van der Waals surface area contributed by atoms with Crippen molar-refractivity contribution in [2.75, 3.05) is 0 Å². The Balaban J connectivity index is 1.91. The Kier molecular flexibility index (Phi) is 4.96. The van der Waals surface area contributed by atoms with Crippen molar-refractivity contribution in [1.82, 2.24) is 4.57 Å². The molecule has 148 valence electrons. The highest BCUT2D eigenvalue weighted by Crippen LogP contribution is 2.36. The maximum atomic E-state index is 12.9. The van der Waals surface area contributed by atoms with E-state index in [4.69, 9.17) is 17.0 Å². The number of carbonyl (C=O) groups is 1. The van der Waals surface area contributed by atoms with Gasteiger partial charge in [0.05, 0.1) is 6.10 Å². The van der Waals surface area contributed by atoms with Gasteiger partial charge in [-0.15, -0.1) is 0 Å². The third-order valence-corrected chi connectivity index (χ3v) is 5.50. The summed E-state index contributed by atoms with van der Waals surface area (Å²) in [6.07, 6.45) is 0.481. The Hall–Kier alpha value is -2.99. The molecule has 0 unspecified atom stereocenters. The van der Waals surface area contributed by atoms with E-state index in [1.54, 1.807) is 0 Å². The van der Waals surface area contributed by atoms with Gasteiger partial charge in [0, 0.05) is 29.3 Å². The molecule has 0 amide bonds. The molecule has 0 radical (unpaired) electrons. The van der Waals surface area contributed by atoms with Gasteiger partial charge in [-0.2, -0.15) is 0 Å². The molecular weight excluding hydrogens is 386 g/mol. The smallest absolute Gasteiger partial charge is 0.327 e. The molecule has 1 aromatic heterocycles. The van der Waals surface area contributed by atoms with Crippen LogP contribution in [0, 0.1) is 0 Å². The Bertz CT molecular complexity index is 1190. The van der Waals surface area contributed by atoms with Crippen molar-refractivity contribution in [3.8, 4) is 5.75 Å². The fourth-order valence-electron chi connectivity index (χ4n) is 3.94. The van der Waals surface area contributed by atoms with Gasteiger partial charge in [0.15, 0.2) is 0 Å². The molecule has 1 aliphatic rings. The number of hydrogen-bond acceptors (Lipinski definition) is 4. The van der Waals surface area contributed by atoms with Crippen LogP contribution in [0.4, 0.5) is 0 Å². The van der Waals surface area contributed by atoms with Crippen LogP contribution in [-0.2, 0) is 11.2 Å². The number of aliphatic carboxylic acids is 1. The van der Waals surface area contributed by atoms with Crippen molar-refractivity contribution < 1.29 is 14.6 Å². The molecule has 0 saturated heterocycles. The first-order chi connectivity index (χ1) is 13.9. The van der Waals surface area contributed by atoms with Crippen molar-refractivity contribution in [3.05, 3.63) is 75.7 Å². The number of rotatable bonds is 5. The molecule has 1 aliphatic heterocycles. The molecule has 0 aliphatic carbocycles. The van der Waals surface area contributed by atoms with Gasteiger partial charge in [-0.05, 0) is 30.2 Å². The van der Waals surface area contributed by atoms with Crippen molar-refractivity contribution in [3.63, 3.8) is 0 Å². The first kappa shape index (κ1) is 19.3. The Morgan fingerprint density at radius 1 is 1.21 bits per heavy atom. The van der Waals surface area contributed by atoms with E-state index >= 15 is 0 Å². The zero-order chi connectivity index (χ0) is 20.7. The van der Waals surface area contributed by atoms with Crippen molar-refractivity contribution in [2.45, 2.75) is 38.8 Å². The number of pyridine rings is 1. The number of aromatic nitrogens is 1. The normalized spacial score (nSPS) is 15.7. The number of fused-ring (bicyclic) bond motifs is 2. The summed E-state index contributed by atoms with van der Waals surface area (Å²) in [5.74, 6) is -0.549. The second-order valence-corrected chi connectivity index (χ2v) is 8.01. The zero-order valence-corrected chi connectivity index (χ0v) is 17.0. The van der Waals surface area contributed by atoms with Gasteiger partial charge < -0.3 is 9.84 Å². The van der Waals surface area contributed by atoms with E-state index < -0.39 is 12.0 Å². The van der Waals surface area contributed by atoms with Crippen LogP contribution in [0.25, 0.3) is 10.8 Å². The van der Waals surface area contributed by atoms with Crippen molar-refractivity contribution >= 4 is 33.8 Å². The summed E-state index contributed by atoms with van der Waals surface area (Å²) in [6.45, 7) is 3.80. The molecule has 29 heavy (non-hydrogen) atoms. The van der Waals surface area contributed by atoms with E-state index in [0.717, 1.165) is 21.9 Å². The number of carboxylic acid groups (broad SMARTS) is 1. The fourth-order valence-corrected chi connectivity index (χ4v) is 4.29. The monoisotopic (exact) mass is 407 g/mol. The van der Waals surface area contributed by atoms with Crippen LogP contribution in [0.1, 0.15) is 43.1 Å². The second-order valence-electron chi connectivity index (χ2n) is 7.52. The quantitative estimate of drug-likeness (QED) is 0.644. The van der Waals surface area contributed by atoms with Crippen LogP contribution in [0.2, 0.25) is 0 Å². The minimum atomic E-state index is -1.06. The second kappa shape index (κ2) is 7.44. The standard InChI is InChI=1S/C23H21NO4S/c1-13(2)28-22-16(10-15-8-5-7-14-6-3-4-9-17(14)15)11-20(25)24-18(23(26)27)12-19(29)21(22)24/h3-9,11,13,18H,10,12H2,1-2H3,(H,26,27)/t18-/m1/s1. The van der Waals surface area contributed by atoms with E-state index in [1.807, 2.05) is 38.1 Å². The summed E-state index contributed by atoms with van der Waals surface area (Å²) in [7, 11) is 0. The Morgan fingerprint density at radius 3 is 2.66 bits per heavy atom. The highest BCUT2D eigenvalue weighted by Gasteiger charge is 2.36. The van der Waals surface area contributed by atoms with Crippen LogP contribution >= 0.6 is 12.2 Å². The van der Waals surface area contributed by atoms with Gasteiger partial charge in [0.1, 0.15) is 17.5 Å². The van der Waals surface area contributed by atoms with Gasteiger partial charge in [-0.25, -0.2) is 4.79 Å². The van der Waals surface area contributed by atoms with Crippen LogP contribution in [0.5, 0.6) is 5.75 Å². The van der Waals surface area contributed by atoms with Gasteiger partial charge in [0.25, 0.3) is 5.56 Å². The highest BCUT2D eigenvalue weighted by atomic mass is 32.1. The SMILES string of the molecule is CC(C)Oc1c(Cc2cccc3ccccc23)cc(=O)n2c1C(=S)C[C@@H]2C(=O)O. The van der Waals surface area contributed by atoms with Gasteiger partial charge in [0.2, 0.25) is 0 Å². The summed E-state index contributed by atoms with van der Waals surface area (Å²) in [4.78, 5) is 25.0. The first-order valence-electron chi connectivity index (χ1n) is 9.54. The summed E-state index contributed by atoms with van der Waals surface area (Å²) in [6, 6.07) is 14.7. The van der Waals surface area contributed by atoms with Crippen molar-refractivity contribution in [2.24, 2.45) is 0 Å². The number of carboxylic acids is 1. The third-order valence-electron chi connectivity index (χ3n) is 5.14. The number of nitrogens with zero attached hydrogens (tertiary/aromatic N) is 1. The van der Waals surface area contributed by atoms with E-state index in [1.165, 1.54) is 10.6 Å². The number of ether oxygens (including phenoxy) is 1. The largest absolute Gasteiger partial charge is 0.488 e. The summed E-state index contributed by atoms with van der Waals surface area (Å²) in [5, 5.41) is 11.8. The molecule has 0 fully saturated rings. The number of hydrogen-bond donors (Lipinski definition) is 1.